The Morgan fingerprint density at radius 1 is 1.19 bits per heavy atom. The molecule has 3 rings (SSSR count). The van der Waals surface area contributed by atoms with Gasteiger partial charge in [0.1, 0.15) is 5.75 Å². The van der Waals surface area contributed by atoms with Crippen LogP contribution in [0.1, 0.15) is 41.2 Å². The molecule has 1 heterocycles. The van der Waals surface area contributed by atoms with Gasteiger partial charge in [-0.3, -0.25) is 0 Å². The van der Waals surface area contributed by atoms with Crippen LogP contribution >= 0.6 is 0 Å². The quantitative estimate of drug-likeness (QED) is 0.694. The molecular formula is C21H20F3NO5S. The lowest BCUT2D eigenvalue weighted by Gasteiger charge is -2.32. The highest BCUT2D eigenvalue weighted by atomic mass is 32.2. The predicted octanol–water partition coefficient (Wildman–Crippen LogP) is 3.28. The molecule has 166 valence electrons. The predicted molar refractivity (Wildman–Crippen MR) is 105 cm³/mol. The van der Waals surface area contributed by atoms with Crippen molar-refractivity contribution in [3.8, 4) is 11.8 Å². The topological polar surface area (TPSA) is 99.8 Å². The van der Waals surface area contributed by atoms with Gasteiger partial charge in [-0.05, 0) is 41.3 Å². The van der Waals surface area contributed by atoms with E-state index in [9.17, 15) is 32.9 Å². The highest BCUT2D eigenvalue weighted by molar-refractivity contribution is 7.81. The van der Waals surface area contributed by atoms with Crippen LogP contribution in [0.25, 0.3) is 0 Å². The molecule has 4 atom stereocenters. The monoisotopic (exact) mass is 455 g/mol. The number of benzene rings is 2. The Kier molecular flexibility index (Phi) is 7.33. The Morgan fingerprint density at radius 2 is 1.90 bits per heavy atom. The van der Waals surface area contributed by atoms with E-state index >= 15 is 0 Å². The summed E-state index contributed by atoms with van der Waals surface area (Å²) in [6.07, 6.45) is -0.473. The smallest absolute Gasteiger partial charge is 0.394 e. The highest BCUT2D eigenvalue weighted by Crippen LogP contribution is 2.33. The molecule has 1 fully saturated rings. The normalized spacial score (nSPS) is 22.5. The largest absolute Gasteiger partial charge is 0.508 e. The van der Waals surface area contributed by atoms with Gasteiger partial charge in [0.15, 0.2) is 0 Å². The molecule has 0 bridgehead atoms. The summed E-state index contributed by atoms with van der Waals surface area (Å²) in [6.45, 7) is -0.204. The molecule has 2 aromatic carbocycles. The molecule has 1 aliphatic heterocycles. The molecule has 0 aromatic heterocycles. The number of hydrogen-bond donors (Lipinski definition) is 2. The van der Waals surface area contributed by atoms with Crippen LogP contribution in [0, 0.1) is 11.3 Å². The van der Waals surface area contributed by atoms with Crippen molar-refractivity contribution in [1.29, 1.82) is 5.26 Å². The van der Waals surface area contributed by atoms with Crippen molar-refractivity contribution in [3.05, 3.63) is 64.7 Å². The fourth-order valence-electron chi connectivity index (χ4n) is 3.41. The van der Waals surface area contributed by atoms with Gasteiger partial charge in [0.2, 0.25) is 0 Å². The van der Waals surface area contributed by atoms with Crippen LogP contribution in [-0.4, -0.2) is 38.7 Å². The average molecular weight is 455 g/mol. The van der Waals surface area contributed by atoms with Gasteiger partial charge in [0.05, 0.1) is 36.6 Å². The summed E-state index contributed by atoms with van der Waals surface area (Å²) in [5, 5.41) is 28.8. The summed E-state index contributed by atoms with van der Waals surface area (Å²) in [5.74, 6) is -0.187. The molecule has 2 aromatic rings. The molecule has 0 amide bonds. The van der Waals surface area contributed by atoms with Crippen LogP contribution in [0.2, 0.25) is 0 Å². The first kappa shape index (κ1) is 23.2. The molecule has 10 heteroatoms. The van der Waals surface area contributed by atoms with E-state index in [0.29, 0.717) is 36.0 Å². The lowest BCUT2D eigenvalue weighted by atomic mass is 9.92. The van der Waals surface area contributed by atoms with Gasteiger partial charge in [-0.1, -0.05) is 24.3 Å². The number of aliphatic hydroxyl groups is 2. The Bertz CT molecular complexity index is 974. The van der Waals surface area contributed by atoms with Crippen molar-refractivity contribution in [1.82, 2.24) is 0 Å². The van der Waals surface area contributed by atoms with Crippen LogP contribution in [0.3, 0.4) is 0 Å². The van der Waals surface area contributed by atoms with Gasteiger partial charge in [-0.15, -0.1) is 0 Å². The van der Waals surface area contributed by atoms with Crippen molar-refractivity contribution >= 4 is 11.1 Å². The minimum absolute atomic E-state index is 0.187. The molecule has 0 spiro atoms. The standard InChI is InChI=1S/C21H20F3NO5S/c22-21(23,24)31(28)30-18-5-1-13(2-6-18)7-16-8-14(3-4-15(16)11-25)20-10-17(27)9-19(12-26)29-20/h1-6,8,17,19-20,26-27H,7,9-10,12H2. The van der Waals surface area contributed by atoms with E-state index in [4.69, 9.17) is 4.74 Å². The molecule has 0 aliphatic carbocycles. The molecule has 0 radical (unpaired) electrons. The van der Waals surface area contributed by atoms with Crippen molar-refractivity contribution in [2.45, 2.75) is 43.1 Å². The number of nitriles is 1. The molecule has 0 saturated carbocycles. The van der Waals surface area contributed by atoms with Gasteiger partial charge in [0.25, 0.3) is 0 Å². The maximum atomic E-state index is 12.4. The summed E-state index contributed by atoms with van der Waals surface area (Å²) >= 11 is -3.45. The Labute approximate surface area is 179 Å². The minimum atomic E-state index is -4.97. The first-order chi connectivity index (χ1) is 14.7. The second kappa shape index (κ2) is 9.78. The molecule has 1 aliphatic rings. The zero-order chi connectivity index (χ0) is 22.6. The lowest BCUT2D eigenvalue weighted by molar-refractivity contribution is -0.113. The van der Waals surface area contributed by atoms with E-state index in [1.165, 1.54) is 24.3 Å². The minimum Gasteiger partial charge on any atom is -0.394 e. The molecule has 1 saturated heterocycles. The summed E-state index contributed by atoms with van der Waals surface area (Å²) < 4.78 is 58.3. The fourth-order valence-corrected chi connectivity index (χ4v) is 3.79. The summed E-state index contributed by atoms with van der Waals surface area (Å²) in [6, 6.07) is 12.9. The summed E-state index contributed by atoms with van der Waals surface area (Å²) in [4.78, 5) is 0. The SMILES string of the molecule is N#Cc1ccc(C2CC(O)CC(CO)O2)cc1Cc1ccc(OS(=O)C(F)(F)F)cc1. The number of rotatable bonds is 6. The van der Waals surface area contributed by atoms with Gasteiger partial charge in [0, 0.05) is 12.8 Å². The zero-order valence-corrected chi connectivity index (χ0v) is 17.0. The first-order valence-corrected chi connectivity index (χ1v) is 10.5. The number of halogens is 3. The van der Waals surface area contributed by atoms with E-state index in [1.54, 1.807) is 18.2 Å². The number of hydrogen-bond acceptors (Lipinski definition) is 6. The van der Waals surface area contributed by atoms with Crippen LogP contribution < -0.4 is 4.18 Å². The fraction of sp³-hybridized carbons (Fsp3) is 0.381. The Hall–Kier alpha value is -2.45. The Morgan fingerprint density at radius 3 is 2.52 bits per heavy atom. The van der Waals surface area contributed by atoms with E-state index in [0.717, 1.165) is 5.56 Å². The number of alkyl halides is 3. The van der Waals surface area contributed by atoms with Gasteiger partial charge in [-0.2, -0.15) is 18.4 Å². The van der Waals surface area contributed by atoms with Crippen molar-refractivity contribution in [3.63, 3.8) is 0 Å². The van der Waals surface area contributed by atoms with Crippen LogP contribution in [-0.2, 0) is 22.2 Å². The van der Waals surface area contributed by atoms with E-state index < -0.39 is 34.9 Å². The number of ether oxygens (including phenoxy) is 1. The molecule has 2 N–H and O–H groups in total. The third-order valence-corrected chi connectivity index (χ3v) is 5.60. The van der Waals surface area contributed by atoms with E-state index in [-0.39, 0.29) is 12.4 Å². The number of aliphatic hydroxyl groups excluding tert-OH is 2. The van der Waals surface area contributed by atoms with E-state index in [1.807, 2.05) is 0 Å². The van der Waals surface area contributed by atoms with Crippen molar-refractivity contribution in [2.24, 2.45) is 0 Å². The number of nitrogens with zero attached hydrogens (tertiary/aromatic N) is 1. The molecule has 6 nitrogen and oxygen atoms in total. The van der Waals surface area contributed by atoms with Crippen LogP contribution in [0.5, 0.6) is 5.75 Å². The van der Waals surface area contributed by atoms with Crippen molar-refractivity contribution in [2.75, 3.05) is 6.61 Å². The maximum Gasteiger partial charge on any atom is 0.508 e. The second-order valence-electron chi connectivity index (χ2n) is 7.17. The second-order valence-corrected chi connectivity index (χ2v) is 8.27. The highest BCUT2D eigenvalue weighted by Gasteiger charge is 2.40. The zero-order valence-electron chi connectivity index (χ0n) is 16.2. The molecular weight excluding hydrogens is 435 g/mol. The van der Waals surface area contributed by atoms with Gasteiger partial charge < -0.3 is 19.1 Å². The first-order valence-electron chi connectivity index (χ1n) is 9.42. The Balaban J connectivity index is 1.77. The third-order valence-electron chi connectivity index (χ3n) is 4.88. The third kappa shape index (κ3) is 6.04. The molecule has 31 heavy (non-hydrogen) atoms. The summed E-state index contributed by atoms with van der Waals surface area (Å²) in [7, 11) is 0. The van der Waals surface area contributed by atoms with Gasteiger partial charge >= 0.3 is 16.6 Å². The van der Waals surface area contributed by atoms with Crippen molar-refractivity contribution < 1.29 is 36.5 Å². The van der Waals surface area contributed by atoms with Crippen LogP contribution in [0.15, 0.2) is 42.5 Å². The maximum absolute atomic E-state index is 12.4. The van der Waals surface area contributed by atoms with Gasteiger partial charge in [-0.25, -0.2) is 4.21 Å². The van der Waals surface area contributed by atoms with Crippen LogP contribution in [0.4, 0.5) is 13.2 Å². The summed E-state index contributed by atoms with van der Waals surface area (Å²) in [5.41, 5.74) is -2.40. The average Bonchev–Trinajstić information content (AvgIpc) is 2.74. The van der Waals surface area contributed by atoms with E-state index in [2.05, 4.69) is 10.3 Å². The molecule has 4 unspecified atom stereocenters. The lowest BCUT2D eigenvalue weighted by Crippen LogP contribution is -2.33.